The van der Waals surface area contributed by atoms with Gasteiger partial charge in [0, 0.05) is 31.0 Å². The van der Waals surface area contributed by atoms with Gasteiger partial charge in [-0.15, -0.1) is 0 Å². The molecule has 1 amide bonds. The van der Waals surface area contributed by atoms with E-state index in [1.165, 1.54) is 5.56 Å². The Morgan fingerprint density at radius 2 is 2.00 bits per heavy atom. The Hall–Kier alpha value is -1.39. The van der Waals surface area contributed by atoms with Gasteiger partial charge in [0.15, 0.2) is 0 Å². The maximum atomic E-state index is 13.3. The fraction of sp³-hybridized carbons (Fsp3) is 0.667. The molecular formula is C21H32N2O2. The van der Waals surface area contributed by atoms with Crippen LogP contribution in [-0.2, 0) is 16.0 Å². The van der Waals surface area contributed by atoms with Crippen LogP contribution in [0, 0.1) is 11.3 Å². The van der Waals surface area contributed by atoms with E-state index in [0.717, 1.165) is 19.4 Å². The van der Waals surface area contributed by atoms with Crippen molar-refractivity contribution in [1.29, 1.82) is 0 Å². The number of likely N-dealkylation sites (tertiary alicyclic amines) is 1. The molecule has 4 heteroatoms. The third-order valence-electron chi connectivity index (χ3n) is 6.73. The largest absolute Gasteiger partial charge is 0.378 e. The summed E-state index contributed by atoms with van der Waals surface area (Å²) >= 11 is 0. The average Bonchev–Trinajstić information content (AvgIpc) is 2.95. The number of hydrogen-bond donors (Lipinski definition) is 1. The lowest BCUT2D eigenvalue weighted by Gasteiger charge is -2.58. The Morgan fingerprint density at radius 3 is 2.60 bits per heavy atom. The fourth-order valence-electron chi connectivity index (χ4n) is 4.53. The molecule has 4 nitrogen and oxygen atoms in total. The number of nitrogens with zero attached hydrogens (tertiary/aromatic N) is 1. The molecule has 3 rings (SSSR count). The van der Waals surface area contributed by atoms with Crippen LogP contribution < -0.4 is 5.73 Å². The zero-order valence-electron chi connectivity index (χ0n) is 16.0. The molecule has 1 saturated carbocycles. The summed E-state index contributed by atoms with van der Waals surface area (Å²) in [5, 5.41) is 0. The van der Waals surface area contributed by atoms with E-state index in [0.29, 0.717) is 18.9 Å². The lowest BCUT2D eigenvalue weighted by atomic mass is 9.54. The second-order valence-electron chi connectivity index (χ2n) is 8.32. The Labute approximate surface area is 151 Å². The first-order valence-corrected chi connectivity index (χ1v) is 9.56. The highest BCUT2D eigenvalue weighted by atomic mass is 16.5. The van der Waals surface area contributed by atoms with Crippen molar-refractivity contribution < 1.29 is 9.53 Å². The van der Waals surface area contributed by atoms with Crippen LogP contribution in [0.2, 0.25) is 0 Å². The summed E-state index contributed by atoms with van der Waals surface area (Å²) in [5.41, 5.74) is 6.83. The predicted molar refractivity (Wildman–Crippen MR) is 100 cm³/mol. The van der Waals surface area contributed by atoms with Crippen molar-refractivity contribution in [3.05, 3.63) is 35.9 Å². The summed E-state index contributed by atoms with van der Waals surface area (Å²) in [7, 11) is 0. The monoisotopic (exact) mass is 344 g/mol. The van der Waals surface area contributed by atoms with Crippen LogP contribution in [0.1, 0.15) is 46.1 Å². The second-order valence-corrected chi connectivity index (χ2v) is 8.32. The lowest BCUT2D eigenvalue weighted by molar-refractivity contribution is -0.180. The molecule has 0 aromatic heterocycles. The van der Waals surface area contributed by atoms with Gasteiger partial charge in [-0.3, -0.25) is 4.79 Å². The summed E-state index contributed by atoms with van der Waals surface area (Å²) in [5.74, 6) is 0.609. The minimum Gasteiger partial charge on any atom is -0.378 e. The highest BCUT2D eigenvalue weighted by Crippen LogP contribution is 2.51. The molecule has 0 radical (unpaired) electrons. The number of benzene rings is 1. The summed E-state index contributed by atoms with van der Waals surface area (Å²) in [4.78, 5) is 15.3. The number of nitrogens with two attached hydrogens (primary N) is 1. The lowest BCUT2D eigenvalue weighted by Crippen LogP contribution is -2.76. The van der Waals surface area contributed by atoms with E-state index in [1.807, 2.05) is 17.9 Å². The van der Waals surface area contributed by atoms with E-state index in [1.54, 1.807) is 0 Å². The number of carbonyl (C=O) groups is 1. The normalized spacial score (nSPS) is 34.0. The number of hydrogen-bond acceptors (Lipinski definition) is 3. The molecule has 1 aromatic rings. The van der Waals surface area contributed by atoms with Gasteiger partial charge in [0.05, 0.1) is 6.10 Å². The van der Waals surface area contributed by atoms with Crippen LogP contribution >= 0.6 is 0 Å². The smallest absolute Gasteiger partial charge is 0.243 e. The highest BCUT2D eigenvalue weighted by Gasteiger charge is 2.64. The van der Waals surface area contributed by atoms with Crippen molar-refractivity contribution in [1.82, 2.24) is 4.90 Å². The summed E-state index contributed by atoms with van der Waals surface area (Å²) < 4.78 is 5.78. The molecule has 1 aromatic carbocycles. The van der Waals surface area contributed by atoms with Crippen molar-refractivity contribution in [3.63, 3.8) is 0 Å². The number of carbonyl (C=O) groups excluding carboxylic acids is 1. The molecule has 4 unspecified atom stereocenters. The Morgan fingerprint density at radius 1 is 1.32 bits per heavy atom. The molecule has 0 spiro atoms. The summed E-state index contributed by atoms with van der Waals surface area (Å²) in [6.45, 7) is 9.77. The molecule has 2 fully saturated rings. The molecule has 0 bridgehead atoms. The quantitative estimate of drug-likeness (QED) is 0.893. The molecule has 138 valence electrons. The standard InChI is InChI=1S/C21H32N2O2/c1-5-25-18-14-21(22,20(18,3)4)19(24)23-12-11-17(15(23)2)13-16-9-7-6-8-10-16/h6-10,15,17-18H,5,11-14,22H2,1-4H3. The van der Waals surface area contributed by atoms with Gasteiger partial charge in [-0.2, -0.15) is 0 Å². The Bertz CT molecular complexity index is 616. The van der Waals surface area contributed by atoms with Gasteiger partial charge in [-0.1, -0.05) is 44.2 Å². The van der Waals surface area contributed by atoms with Crippen LogP contribution in [-0.4, -0.2) is 41.6 Å². The molecule has 1 heterocycles. The van der Waals surface area contributed by atoms with Crippen LogP contribution in [0.5, 0.6) is 0 Å². The van der Waals surface area contributed by atoms with Crippen LogP contribution in [0.25, 0.3) is 0 Å². The molecular weight excluding hydrogens is 312 g/mol. The number of rotatable bonds is 5. The van der Waals surface area contributed by atoms with Crippen molar-refractivity contribution in [2.75, 3.05) is 13.2 Å². The molecule has 25 heavy (non-hydrogen) atoms. The topological polar surface area (TPSA) is 55.6 Å². The van der Waals surface area contributed by atoms with Crippen molar-refractivity contribution in [2.24, 2.45) is 17.1 Å². The van der Waals surface area contributed by atoms with E-state index in [4.69, 9.17) is 10.5 Å². The van der Waals surface area contributed by atoms with Gasteiger partial charge in [0.1, 0.15) is 5.54 Å². The van der Waals surface area contributed by atoms with E-state index in [2.05, 4.69) is 45.0 Å². The SMILES string of the molecule is CCOC1CC(N)(C(=O)N2CCC(Cc3ccccc3)C2C)C1(C)C. The van der Waals surface area contributed by atoms with Gasteiger partial charge in [-0.05, 0) is 38.2 Å². The maximum absolute atomic E-state index is 13.3. The Balaban J connectivity index is 1.67. The number of amides is 1. The molecule has 1 aliphatic heterocycles. The predicted octanol–water partition coefficient (Wildman–Crippen LogP) is 3.00. The van der Waals surface area contributed by atoms with Crippen LogP contribution in [0.4, 0.5) is 0 Å². The van der Waals surface area contributed by atoms with E-state index < -0.39 is 5.54 Å². The van der Waals surface area contributed by atoms with Crippen molar-refractivity contribution in [3.8, 4) is 0 Å². The van der Waals surface area contributed by atoms with Gasteiger partial charge in [0.25, 0.3) is 0 Å². The Kier molecular flexibility index (Phi) is 4.95. The van der Waals surface area contributed by atoms with Gasteiger partial charge < -0.3 is 15.4 Å². The van der Waals surface area contributed by atoms with E-state index in [-0.39, 0.29) is 23.5 Å². The first-order chi connectivity index (χ1) is 11.8. The van der Waals surface area contributed by atoms with E-state index in [9.17, 15) is 4.79 Å². The summed E-state index contributed by atoms with van der Waals surface area (Å²) in [6.07, 6.45) is 2.77. The minimum atomic E-state index is -0.803. The zero-order chi connectivity index (χ0) is 18.2. The fourth-order valence-corrected chi connectivity index (χ4v) is 4.53. The van der Waals surface area contributed by atoms with E-state index >= 15 is 0 Å². The first-order valence-electron chi connectivity index (χ1n) is 9.56. The molecule has 2 N–H and O–H groups in total. The van der Waals surface area contributed by atoms with Gasteiger partial charge in [-0.25, -0.2) is 0 Å². The maximum Gasteiger partial charge on any atom is 0.243 e. The van der Waals surface area contributed by atoms with Gasteiger partial charge in [0.2, 0.25) is 5.91 Å². The third-order valence-corrected chi connectivity index (χ3v) is 6.73. The first kappa shape index (κ1) is 18.4. The molecule has 2 aliphatic rings. The number of ether oxygens (including phenoxy) is 1. The molecule has 1 aliphatic carbocycles. The van der Waals surface area contributed by atoms with Gasteiger partial charge >= 0.3 is 0 Å². The van der Waals surface area contributed by atoms with Crippen molar-refractivity contribution >= 4 is 5.91 Å². The van der Waals surface area contributed by atoms with Crippen LogP contribution in [0.3, 0.4) is 0 Å². The van der Waals surface area contributed by atoms with Crippen molar-refractivity contribution in [2.45, 2.75) is 64.6 Å². The van der Waals surface area contributed by atoms with Crippen LogP contribution in [0.15, 0.2) is 30.3 Å². The minimum absolute atomic E-state index is 0.0736. The second kappa shape index (κ2) is 6.73. The molecule has 1 saturated heterocycles. The third kappa shape index (κ3) is 3.00. The molecule has 4 atom stereocenters. The zero-order valence-corrected chi connectivity index (χ0v) is 16.0. The summed E-state index contributed by atoms with van der Waals surface area (Å²) in [6, 6.07) is 10.8. The average molecular weight is 344 g/mol. The highest BCUT2D eigenvalue weighted by molar-refractivity contribution is 5.89.